The molecule has 0 spiro atoms. The number of halogens is 1. The molecule has 1 aromatic rings. The molecule has 0 unspecified atom stereocenters. The number of hydrogen-bond donors (Lipinski definition) is 2. The second-order valence-corrected chi connectivity index (χ2v) is 4.31. The van der Waals surface area contributed by atoms with E-state index in [1.807, 2.05) is 0 Å². The van der Waals surface area contributed by atoms with Gasteiger partial charge >= 0.3 is 0 Å². The molecule has 0 atom stereocenters. The summed E-state index contributed by atoms with van der Waals surface area (Å²) >= 11 is 3.45. The molecular formula is C11H17BrN2. The van der Waals surface area contributed by atoms with Crippen LogP contribution in [0, 0.1) is 6.92 Å². The fourth-order valence-electron chi connectivity index (χ4n) is 1.31. The highest BCUT2D eigenvalue weighted by Gasteiger charge is 1.97. The van der Waals surface area contributed by atoms with Gasteiger partial charge in [0.2, 0.25) is 0 Å². The molecule has 0 heterocycles. The molecule has 0 aliphatic rings. The zero-order valence-electron chi connectivity index (χ0n) is 8.52. The summed E-state index contributed by atoms with van der Waals surface area (Å²) in [5.74, 6) is 0. The number of aryl methyl sites for hydroxylation is 1. The van der Waals surface area contributed by atoms with E-state index < -0.39 is 0 Å². The van der Waals surface area contributed by atoms with Crippen LogP contribution in [-0.2, 0) is 6.54 Å². The molecule has 3 N–H and O–H groups in total. The Morgan fingerprint density at radius 1 is 1.43 bits per heavy atom. The Morgan fingerprint density at radius 2 is 2.21 bits per heavy atom. The predicted molar refractivity (Wildman–Crippen MR) is 64.3 cm³/mol. The van der Waals surface area contributed by atoms with Gasteiger partial charge in [0.25, 0.3) is 0 Å². The summed E-state index contributed by atoms with van der Waals surface area (Å²) in [5, 5.41) is 3.37. The molecule has 0 radical (unpaired) electrons. The van der Waals surface area contributed by atoms with Crippen molar-refractivity contribution in [1.29, 1.82) is 0 Å². The van der Waals surface area contributed by atoms with Crippen LogP contribution in [0.25, 0.3) is 0 Å². The van der Waals surface area contributed by atoms with Gasteiger partial charge in [-0.25, -0.2) is 0 Å². The van der Waals surface area contributed by atoms with Crippen molar-refractivity contribution < 1.29 is 0 Å². The highest BCUT2D eigenvalue weighted by Crippen LogP contribution is 2.15. The number of nitrogens with two attached hydrogens (primary N) is 1. The van der Waals surface area contributed by atoms with Crippen LogP contribution in [-0.4, -0.2) is 13.1 Å². The van der Waals surface area contributed by atoms with Crippen LogP contribution in [0.5, 0.6) is 0 Å². The van der Waals surface area contributed by atoms with Gasteiger partial charge < -0.3 is 11.1 Å². The first-order chi connectivity index (χ1) is 6.74. The zero-order valence-corrected chi connectivity index (χ0v) is 10.1. The first kappa shape index (κ1) is 11.7. The Balaban J connectivity index is 2.42. The fraction of sp³-hybridized carbons (Fsp3) is 0.455. The van der Waals surface area contributed by atoms with Gasteiger partial charge in [0, 0.05) is 11.0 Å². The van der Waals surface area contributed by atoms with E-state index >= 15 is 0 Å². The average Bonchev–Trinajstić information content (AvgIpc) is 2.15. The van der Waals surface area contributed by atoms with Crippen molar-refractivity contribution in [2.45, 2.75) is 19.9 Å². The van der Waals surface area contributed by atoms with Gasteiger partial charge in [-0.1, -0.05) is 22.0 Å². The van der Waals surface area contributed by atoms with Crippen LogP contribution in [0.3, 0.4) is 0 Å². The van der Waals surface area contributed by atoms with E-state index in [1.54, 1.807) is 0 Å². The van der Waals surface area contributed by atoms with E-state index in [0.29, 0.717) is 0 Å². The van der Waals surface area contributed by atoms with Crippen molar-refractivity contribution >= 4 is 15.9 Å². The molecule has 3 heteroatoms. The second kappa shape index (κ2) is 6.17. The van der Waals surface area contributed by atoms with Crippen LogP contribution < -0.4 is 11.1 Å². The monoisotopic (exact) mass is 256 g/mol. The lowest BCUT2D eigenvalue weighted by Crippen LogP contribution is -2.18. The maximum atomic E-state index is 5.41. The van der Waals surface area contributed by atoms with E-state index in [0.717, 1.165) is 30.5 Å². The molecule has 14 heavy (non-hydrogen) atoms. The van der Waals surface area contributed by atoms with Gasteiger partial charge in [0.15, 0.2) is 0 Å². The average molecular weight is 257 g/mol. The molecule has 0 aliphatic heterocycles. The molecule has 2 nitrogen and oxygen atoms in total. The first-order valence-corrected chi connectivity index (χ1v) is 5.69. The Kier molecular flexibility index (Phi) is 5.15. The summed E-state index contributed by atoms with van der Waals surface area (Å²) in [6.07, 6.45) is 1.04. The van der Waals surface area contributed by atoms with Crippen molar-refractivity contribution in [1.82, 2.24) is 5.32 Å². The third-order valence-corrected chi connectivity index (χ3v) is 2.67. The summed E-state index contributed by atoms with van der Waals surface area (Å²) in [7, 11) is 0. The third-order valence-electron chi connectivity index (χ3n) is 2.18. The second-order valence-electron chi connectivity index (χ2n) is 3.39. The smallest absolute Gasteiger partial charge is 0.0208 e. The van der Waals surface area contributed by atoms with E-state index in [-0.39, 0.29) is 0 Å². The Morgan fingerprint density at radius 3 is 2.86 bits per heavy atom. The minimum absolute atomic E-state index is 0.756. The summed E-state index contributed by atoms with van der Waals surface area (Å²) in [4.78, 5) is 0. The molecule has 0 saturated heterocycles. The van der Waals surface area contributed by atoms with Gasteiger partial charge in [0.1, 0.15) is 0 Å². The van der Waals surface area contributed by atoms with Crippen LogP contribution in [0.4, 0.5) is 0 Å². The molecule has 0 aromatic heterocycles. The van der Waals surface area contributed by atoms with Gasteiger partial charge in [-0.05, 0) is 49.7 Å². The van der Waals surface area contributed by atoms with E-state index in [9.17, 15) is 0 Å². The largest absolute Gasteiger partial charge is 0.330 e. The van der Waals surface area contributed by atoms with E-state index in [4.69, 9.17) is 5.73 Å². The Hall–Kier alpha value is -0.380. The van der Waals surface area contributed by atoms with Crippen LogP contribution in [0.2, 0.25) is 0 Å². The van der Waals surface area contributed by atoms with Crippen molar-refractivity contribution in [2.24, 2.45) is 5.73 Å². The van der Waals surface area contributed by atoms with E-state index in [1.165, 1.54) is 11.1 Å². The molecule has 0 aliphatic carbocycles. The van der Waals surface area contributed by atoms with Crippen LogP contribution in [0.15, 0.2) is 22.7 Å². The molecule has 1 rings (SSSR count). The molecular weight excluding hydrogens is 240 g/mol. The minimum atomic E-state index is 0.756. The standard InChI is InChI=1S/C11H17BrN2/c1-9-7-11(12)4-3-10(9)8-14-6-2-5-13/h3-4,7,14H,2,5-6,8,13H2,1H3. The van der Waals surface area contributed by atoms with Crippen molar-refractivity contribution in [3.05, 3.63) is 33.8 Å². The highest BCUT2D eigenvalue weighted by molar-refractivity contribution is 9.10. The number of hydrogen-bond acceptors (Lipinski definition) is 2. The SMILES string of the molecule is Cc1cc(Br)ccc1CNCCCN. The lowest BCUT2D eigenvalue weighted by molar-refractivity contribution is 0.653. The zero-order chi connectivity index (χ0) is 10.4. The molecule has 0 amide bonds. The van der Waals surface area contributed by atoms with Crippen molar-refractivity contribution in [2.75, 3.05) is 13.1 Å². The number of benzene rings is 1. The predicted octanol–water partition coefficient (Wildman–Crippen LogP) is 2.20. The number of rotatable bonds is 5. The first-order valence-electron chi connectivity index (χ1n) is 4.90. The quantitative estimate of drug-likeness (QED) is 0.793. The molecule has 0 bridgehead atoms. The van der Waals surface area contributed by atoms with Gasteiger partial charge in [0.05, 0.1) is 0 Å². The van der Waals surface area contributed by atoms with E-state index in [2.05, 4.69) is 46.4 Å². The maximum Gasteiger partial charge on any atom is 0.0208 e. The fourth-order valence-corrected chi connectivity index (χ4v) is 1.78. The molecule has 1 aromatic carbocycles. The summed E-state index contributed by atoms with van der Waals surface area (Å²) in [5.41, 5.74) is 8.08. The highest BCUT2D eigenvalue weighted by atomic mass is 79.9. The normalized spacial score (nSPS) is 10.5. The Bertz CT molecular complexity index is 287. The maximum absolute atomic E-state index is 5.41. The van der Waals surface area contributed by atoms with Crippen molar-refractivity contribution in [3.8, 4) is 0 Å². The topological polar surface area (TPSA) is 38.0 Å². The van der Waals surface area contributed by atoms with Gasteiger partial charge in [-0.3, -0.25) is 0 Å². The lowest BCUT2D eigenvalue weighted by Gasteiger charge is -2.07. The lowest BCUT2D eigenvalue weighted by atomic mass is 10.1. The Labute approximate surface area is 94.0 Å². The summed E-state index contributed by atoms with van der Waals surface area (Å²) < 4.78 is 1.14. The molecule has 0 fully saturated rings. The molecule has 0 saturated carbocycles. The minimum Gasteiger partial charge on any atom is -0.330 e. The van der Waals surface area contributed by atoms with Crippen molar-refractivity contribution in [3.63, 3.8) is 0 Å². The number of nitrogens with one attached hydrogen (secondary N) is 1. The van der Waals surface area contributed by atoms with Gasteiger partial charge in [-0.2, -0.15) is 0 Å². The van der Waals surface area contributed by atoms with Gasteiger partial charge in [-0.15, -0.1) is 0 Å². The van der Waals surface area contributed by atoms with Crippen LogP contribution in [0.1, 0.15) is 17.5 Å². The third kappa shape index (κ3) is 3.78. The molecule has 78 valence electrons. The summed E-state index contributed by atoms with van der Waals surface area (Å²) in [6.45, 7) is 4.81. The van der Waals surface area contributed by atoms with Crippen LogP contribution >= 0.6 is 15.9 Å². The summed E-state index contributed by atoms with van der Waals surface area (Å²) in [6, 6.07) is 6.36.